The molecule has 0 aliphatic heterocycles. The molecule has 6 N–H and O–H groups in total. The van der Waals surface area contributed by atoms with E-state index in [1.54, 1.807) is 27.7 Å². The van der Waals surface area contributed by atoms with E-state index in [1.807, 2.05) is 27.7 Å². The van der Waals surface area contributed by atoms with Crippen molar-refractivity contribution >= 4 is 31.8 Å². The van der Waals surface area contributed by atoms with E-state index >= 15 is 4.39 Å². The Morgan fingerprint density at radius 1 is 1.06 bits per heavy atom. The smallest absolute Gasteiger partial charge is 0.406 e. The fraction of sp³-hybridized carbons (Fsp3) is 0.742. The van der Waals surface area contributed by atoms with Crippen molar-refractivity contribution in [1.82, 2.24) is 5.09 Å². The first-order valence-corrected chi connectivity index (χ1v) is 17.6. The van der Waals surface area contributed by atoms with E-state index < -0.39 is 69.8 Å². The monoisotopic (exact) mass is 711 g/mol. The summed E-state index contributed by atoms with van der Waals surface area (Å²) < 4.78 is 60.5. The zero-order chi connectivity index (χ0) is 37.4. The summed E-state index contributed by atoms with van der Waals surface area (Å²) in [6.45, 7) is 18.3. The molecule has 280 valence electrons. The zero-order valence-electron chi connectivity index (χ0n) is 30.2. The van der Waals surface area contributed by atoms with Gasteiger partial charge in [-0.3, -0.25) is 18.8 Å². The van der Waals surface area contributed by atoms with Crippen LogP contribution in [0.3, 0.4) is 0 Å². The first kappa shape index (κ1) is 47.2. The second-order valence-electron chi connectivity index (χ2n) is 10.7. The Hall–Kier alpha value is -2.88. The van der Waals surface area contributed by atoms with Crippen LogP contribution in [0.1, 0.15) is 81.6 Å². The van der Waals surface area contributed by atoms with Gasteiger partial charge in [-0.2, -0.15) is 4.99 Å². The van der Waals surface area contributed by atoms with E-state index in [0.29, 0.717) is 6.42 Å². The van der Waals surface area contributed by atoms with Crippen LogP contribution in [0.5, 0.6) is 0 Å². The Morgan fingerprint density at radius 3 is 2.15 bits per heavy atom. The van der Waals surface area contributed by atoms with Gasteiger partial charge in [-0.25, -0.2) is 18.8 Å². The molecule has 15 nitrogen and oxygen atoms in total. The van der Waals surface area contributed by atoms with Crippen molar-refractivity contribution in [3.63, 3.8) is 0 Å². The van der Waals surface area contributed by atoms with Crippen LogP contribution in [-0.4, -0.2) is 93.2 Å². The van der Waals surface area contributed by atoms with Crippen LogP contribution < -0.4 is 16.6 Å². The van der Waals surface area contributed by atoms with Crippen molar-refractivity contribution < 1.29 is 51.6 Å². The molecule has 0 aromatic rings. The average molecular weight is 712 g/mol. The van der Waals surface area contributed by atoms with E-state index in [9.17, 15) is 19.3 Å². The highest BCUT2D eigenvalue weighted by molar-refractivity contribution is 7.51. The predicted molar refractivity (Wildman–Crippen MR) is 184 cm³/mol. The first-order chi connectivity index (χ1) is 22.5. The van der Waals surface area contributed by atoms with Crippen LogP contribution in [0.15, 0.2) is 33.8 Å². The Kier molecular flexibility index (Phi) is 25.6. The third-order valence-electron chi connectivity index (χ3n) is 5.75. The first-order valence-electron chi connectivity index (χ1n) is 16.0. The molecule has 5 atom stereocenters. The highest BCUT2D eigenvalue weighted by Crippen LogP contribution is 2.45. The minimum Gasteiger partial charge on any atom is -0.476 e. The Labute approximate surface area is 285 Å². The van der Waals surface area contributed by atoms with E-state index in [1.165, 1.54) is 14.0 Å². The van der Waals surface area contributed by atoms with Crippen molar-refractivity contribution in [1.29, 1.82) is 0 Å². The van der Waals surface area contributed by atoms with Crippen LogP contribution >= 0.6 is 7.75 Å². The standard InChI is InChI=1S/C29H53FN5O10P.C2H6/c1-10-41-28(34-21(8)32)26(20(7)31)33-15-14-22(30)27(37)24(40-9)16-43-46(39,44-17-25(36)45-19(5)6)35-23(13-12-18(3)4)29(38)42-11-2;1-2/h15,18-19,22-24,27,37H,8,10-14,16-17,31-32H2,1-7,9H3,(H,35,39);1-2H3/b26-20-,33-15?,34-28+;/t22-,23?,24?,27?,46?;/m1./s1. The molecule has 0 fully saturated rings. The number of allylic oxidation sites excluding steroid dienone is 1. The molecule has 0 rings (SSSR count). The normalized spacial score (nSPS) is 16.2. The van der Waals surface area contributed by atoms with Gasteiger partial charge in [-0.05, 0) is 53.4 Å². The molecule has 0 heterocycles. The summed E-state index contributed by atoms with van der Waals surface area (Å²) in [4.78, 5) is 32.9. The maximum atomic E-state index is 15.2. The van der Waals surface area contributed by atoms with Crippen molar-refractivity contribution in [3.05, 3.63) is 23.8 Å². The van der Waals surface area contributed by atoms with Gasteiger partial charge in [0.15, 0.2) is 6.61 Å². The van der Waals surface area contributed by atoms with Crippen molar-refractivity contribution in [2.45, 2.75) is 112 Å². The SMILES string of the molecule is C=C(N)/N=C(OCC)\C(N=CC[C@@H](F)C(O)C(COP(=O)(NC(CCC(C)C)C(=O)OCC)OCC(=O)OC(C)C)OC)=C(/C)N.CC. The van der Waals surface area contributed by atoms with E-state index in [4.69, 9.17) is 39.5 Å². The van der Waals surface area contributed by atoms with Gasteiger partial charge >= 0.3 is 19.7 Å². The third-order valence-corrected chi connectivity index (χ3v) is 7.34. The van der Waals surface area contributed by atoms with Gasteiger partial charge in [0.2, 0.25) is 5.90 Å². The second-order valence-corrected chi connectivity index (χ2v) is 12.5. The summed E-state index contributed by atoms with van der Waals surface area (Å²) >= 11 is 0. The van der Waals surface area contributed by atoms with Gasteiger partial charge in [-0.15, -0.1) is 0 Å². The number of aliphatic hydroxyl groups excluding tert-OH is 1. The number of nitrogens with zero attached hydrogens (tertiary/aromatic N) is 2. The quantitative estimate of drug-likeness (QED) is 0.0504. The number of carbonyl (C=O) groups is 2. The summed E-state index contributed by atoms with van der Waals surface area (Å²) in [6, 6.07) is -1.12. The van der Waals surface area contributed by atoms with Crippen LogP contribution in [0, 0.1) is 5.92 Å². The average Bonchev–Trinajstić information content (AvgIpc) is 3.00. The lowest BCUT2D eigenvalue weighted by atomic mass is 10.0. The molecule has 0 saturated carbocycles. The zero-order valence-corrected chi connectivity index (χ0v) is 31.1. The number of rotatable bonds is 23. The van der Waals surface area contributed by atoms with E-state index in [2.05, 4.69) is 21.7 Å². The number of esters is 2. The van der Waals surface area contributed by atoms with Gasteiger partial charge in [0.05, 0.1) is 25.9 Å². The molecule has 48 heavy (non-hydrogen) atoms. The Balaban J connectivity index is 0. The van der Waals surface area contributed by atoms with Crippen molar-refractivity contribution in [3.8, 4) is 0 Å². The molecule has 0 amide bonds. The Morgan fingerprint density at radius 2 is 1.67 bits per heavy atom. The predicted octanol–water partition coefficient (Wildman–Crippen LogP) is 4.29. The molecule has 0 saturated heterocycles. The number of ether oxygens (including phenoxy) is 4. The number of aliphatic imine (C=N–C) groups is 2. The summed E-state index contributed by atoms with van der Waals surface area (Å²) in [6.07, 6.45) is -4.07. The number of nitrogens with two attached hydrogens (primary N) is 2. The lowest BCUT2D eigenvalue weighted by molar-refractivity contribution is -0.150. The lowest BCUT2D eigenvalue weighted by Gasteiger charge is -2.28. The lowest BCUT2D eigenvalue weighted by Crippen LogP contribution is -2.41. The maximum absolute atomic E-state index is 15.2. The molecule has 0 radical (unpaired) electrons. The van der Waals surface area contributed by atoms with Gasteiger partial charge in [-0.1, -0.05) is 34.3 Å². The number of carbonyl (C=O) groups excluding carboxylic acids is 2. The molecular weight excluding hydrogens is 652 g/mol. The molecule has 0 aromatic carbocycles. The van der Waals surface area contributed by atoms with Gasteiger partial charge in [0.25, 0.3) is 0 Å². The van der Waals surface area contributed by atoms with Crippen LogP contribution in [0.4, 0.5) is 4.39 Å². The van der Waals surface area contributed by atoms with Crippen LogP contribution in [0.2, 0.25) is 0 Å². The summed E-state index contributed by atoms with van der Waals surface area (Å²) in [7, 11) is -3.29. The number of halogens is 1. The van der Waals surface area contributed by atoms with Crippen molar-refractivity contribution in [2.24, 2.45) is 27.4 Å². The molecule has 0 aliphatic carbocycles. The van der Waals surface area contributed by atoms with E-state index in [0.717, 1.165) is 6.21 Å². The fourth-order valence-corrected chi connectivity index (χ4v) is 5.01. The number of alkyl halides is 1. The second kappa shape index (κ2) is 26.0. The third kappa shape index (κ3) is 20.5. The largest absolute Gasteiger partial charge is 0.476 e. The summed E-state index contributed by atoms with van der Waals surface area (Å²) in [5, 5.41) is 13.2. The minimum absolute atomic E-state index is 0.0135. The Bertz CT molecular complexity index is 1100. The molecular formula is C31H59FN5O10P. The molecule has 4 unspecified atom stereocenters. The van der Waals surface area contributed by atoms with Gasteiger partial charge in [0.1, 0.15) is 35.9 Å². The molecule has 0 spiro atoms. The van der Waals surface area contributed by atoms with Crippen molar-refractivity contribution in [2.75, 3.05) is 33.5 Å². The number of nitrogens with one attached hydrogen (secondary N) is 1. The van der Waals surface area contributed by atoms with Crippen LogP contribution in [-0.2, 0) is 42.1 Å². The number of methoxy groups -OCH3 is 1. The van der Waals surface area contributed by atoms with Gasteiger partial charge in [0, 0.05) is 25.4 Å². The van der Waals surface area contributed by atoms with E-state index in [-0.39, 0.29) is 48.7 Å². The summed E-state index contributed by atoms with van der Waals surface area (Å²) in [5.74, 6) is -1.42. The molecule has 0 aliphatic rings. The highest BCUT2D eigenvalue weighted by atomic mass is 31.2. The molecule has 0 bridgehead atoms. The molecule has 17 heteroatoms. The number of hydrogen-bond donors (Lipinski definition) is 4. The minimum atomic E-state index is -4.48. The fourth-order valence-electron chi connectivity index (χ4n) is 3.56. The van der Waals surface area contributed by atoms with Gasteiger partial charge < -0.3 is 35.5 Å². The van der Waals surface area contributed by atoms with Crippen LogP contribution in [0.25, 0.3) is 0 Å². The highest BCUT2D eigenvalue weighted by Gasteiger charge is 2.37. The number of aliphatic hydroxyl groups is 1. The maximum Gasteiger partial charge on any atom is 0.406 e. The summed E-state index contributed by atoms with van der Waals surface area (Å²) in [5.41, 5.74) is 11.7. The topological polar surface area (TPSA) is 216 Å². The molecule has 0 aromatic heterocycles. The number of hydrogen-bond acceptors (Lipinski definition) is 14.